The summed E-state index contributed by atoms with van der Waals surface area (Å²) in [6.45, 7) is 5.58. The molecule has 0 aliphatic carbocycles. The highest BCUT2D eigenvalue weighted by Crippen LogP contribution is 2.22. The summed E-state index contributed by atoms with van der Waals surface area (Å²) >= 11 is 0. The molecule has 0 saturated heterocycles. The predicted octanol–water partition coefficient (Wildman–Crippen LogP) is 2.26. The van der Waals surface area contributed by atoms with Crippen LogP contribution >= 0.6 is 0 Å². The first-order chi connectivity index (χ1) is 8.70. The van der Waals surface area contributed by atoms with E-state index < -0.39 is 0 Å². The van der Waals surface area contributed by atoms with Crippen LogP contribution < -0.4 is 10.2 Å². The number of hydrogen-bond donors (Lipinski definition) is 1. The highest BCUT2D eigenvalue weighted by Gasteiger charge is 2.11. The van der Waals surface area contributed by atoms with Crippen LogP contribution in [0.3, 0.4) is 0 Å². The van der Waals surface area contributed by atoms with Crippen molar-refractivity contribution in [3.8, 4) is 0 Å². The molecule has 1 N–H and O–H groups in total. The van der Waals surface area contributed by atoms with Crippen molar-refractivity contribution in [1.29, 1.82) is 0 Å². The Labute approximate surface area is 107 Å². The largest absolute Gasteiger partial charge is 0.406 e. The molecule has 0 bridgehead atoms. The van der Waals surface area contributed by atoms with E-state index in [1.807, 2.05) is 31.0 Å². The fraction of sp³-hybridized carbons (Fsp3) is 0.385. The number of nitrogens with zero attached hydrogens (tertiary/aromatic N) is 3. The summed E-state index contributed by atoms with van der Waals surface area (Å²) in [4.78, 5) is 1.88. The number of nitrogens with one attached hydrogen (secondary N) is 1. The number of benzene rings is 1. The maximum Gasteiger partial charge on any atom is 0.322 e. The summed E-state index contributed by atoms with van der Waals surface area (Å²) in [5.41, 5.74) is 2.25. The van der Waals surface area contributed by atoms with Gasteiger partial charge in [-0.1, -0.05) is 29.7 Å². The van der Waals surface area contributed by atoms with Crippen molar-refractivity contribution < 1.29 is 4.42 Å². The molecule has 0 amide bonds. The molecule has 18 heavy (non-hydrogen) atoms. The normalized spacial score (nSPS) is 10.6. The van der Waals surface area contributed by atoms with Crippen LogP contribution in [-0.2, 0) is 6.54 Å². The average Bonchev–Trinajstić information content (AvgIpc) is 2.85. The predicted molar refractivity (Wildman–Crippen MR) is 70.9 cm³/mol. The third kappa shape index (κ3) is 2.87. The molecular formula is C13H18N4O. The van der Waals surface area contributed by atoms with Gasteiger partial charge in [-0.15, -0.1) is 5.10 Å². The molecule has 0 aliphatic heterocycles. The summed E-state index contributed by atoms with van der Waals surface area (Å²) < 4.78 is 5.57. The lowest BCUT2D eigenvalue weighted by molar-refractivity contribution is 0.476. The molecule has 2 rings (SSSR count). The van der Waals surface area contributed by atoms with Crippen molar-refractivity contribution >= 4 is 11.7 Å². The van der Waals surface area contributed by atoms with E-state index in [0.717, 1.165) is 12.2 Å². The summed E-state index contributed by atoms with van der Waals surface area (Å²) in [5.74, 6) is 0.603. The Morgan fingerprint density at radius 2 is 1.94 bits per heavy atom. The van der Waals surface area contributed by atoms with E-state index in [2.05, 4.69) is 34.6 Å². The van der Waals surface area contributed by atoms with Crippen molar-refractivity contribution in [1.82, 2.24) is 15.5 Å². The minimum atomic E-state index is 0.506. The molecule has 0 fully saturated rings. The van der Waals surface area contributed by atoms with Crippen molar-refractivity contribution in [2.75, 3.05) is 18.5 Å². The van der Waals surface area contributed by atoms with Crippen molar-refractivity contribution in [3.63, 3.8) is 0 Å². The standard InChI is InChI=1S/C13H18N4O/c1-4-14-9-12-15-16-13(18-12)17(3)11-7-5-10(2)6-8-11/h5-8,14H,4,9H2,1-3H3. The van der Waals surface area contributed by atoms with Gasteiger partial charge in [-0.2, -0.15) is 0 Å². The molecule has 1 aromatic carbocycles. The van der Waals surface area contributed by atoms with Crippen LogP contribution in [0.5, 0.6) is 0 Å². The van der Waals surface area contributed by atoms with Crippen LogP contribution in [0.2, 0.25) is 0 Å². The number of aromatic nitrogens is 2. The van der Waals surface area contributed by atoms with E-state index in [-0.39, 0.29) is 0 Å². The second-order valence-corrected chi connectivity index (χ2v) is 4.15. The molecule has 0 spiro atoms. The van der Waals surface area contributed by atoms with E-state index in [0.29, 0.717) is 18.5 Å². The van der Waals surface area contributed by atoms with Crippen molar-refractivity contribution in [2.45, 2.75) is 20.4 Å². The molecule has 0 saturated carbocycles. The fourth-order valence-electron chi connectivity index (χ4n) is 1.56. The topological polar surface area (TPSA) is 54.2 Å². The number of anilines is 2. The monoisotopic (exact) mass is 246 g/mol. The van der Waals surface area contributed by atoms with Gasteiger partial charge in [0.25, 0.3) is 0 Å². The lowest BCUT2D eigenvalue weighted by atomic mass is 10.2. The van der Waals surface area contributed by atoms with Crippen LogP contribution in [0.15, 0.2) is 28.7 Å². The van der Waals surface area contributed by atoms with E-state index >= 15 is 0 Å². The molecule has 5 heteroatoms. The van der Waals surface area contributed by atoms with E-state index in [9.17, 15) is 0 Å². The van der Waals surface area contributed by atoms with Gasteiger partial charge in [-0.3, -0.25) is 4.90 Å². The molecule has 2 aromatic rings. The van der Waals surface area contributed by atoms with Crippen LogP contribution in [0.1, 0.15) is 18.4 Å². The van der Waals surface area contributed by atoms with Gasteiger partial charge >= 0.3 is 6.01 Å². The Morgan fingerprint density at radius 3 is 2.61 bits per heavy atom. The van der Waals surface area contributed by atoms with Gasteiger partial charge in [0.15, 0.2) is 0 Å². The minimum Gasteiger partial charge on any atom is -0.406 e. The molecule has 1 aromatic heterocycles. The summed E-state index contributed by atoms with van der Waals surface area (Å²) in [6.07, 6.45) is 0. The molecular weight excluding hydrogens is 228 g/mol. The zero-order valence-electron chi connectivity index (χ0n) is 11.0. The first kappa shape index (κ1) is 12.6. The second-order valence-electron chi connectivity index (χ2n) is 4.15. The van der Waals surface area contributed by atoms with Gasteiger partial charge in [-0.05, 0) is 25.6 Å². The molecule has 0 unspecified atom stereocenters. The molecule has 1 heterocycles. The summed E-state index contributed by atoms with van der Waals surface area (Å²) in [6, 6.07) is 8.68. The Morgan fingerprint density at radius 1 is 1.22 bits per heavy atom. The van der Waals surface area contributed by atoms with E-state index in [1.165, 1.54) is 5.56 Å². The zero-order chi connectivity index (χ0) is 13.0. The minimum absolute atomic E-state index is 0.506. The SMILES string of the molecule is CCNCc1nnc(N(C)c2ccc(C)cc2)o1. The zero-order valence-corrected chi connectivity index (χ0v) is 11.0. The van der Waals surface area contributed by atoms with Crippen molar-refractivity contribution in [2.24, 2.45) is 0 Å². The van der Waals surface area contributed by atoms with Crippen molar-refractivity contribution in [3.05, 3.63) is 35.7 Å². The first-order valence-electron chi connectivity index (χ1n) is 6.04. The number of hydrogen-bond acceptors (Lipinski definition) is 5. The Bertz CT molecular complexity index is 492. The average molecular weight is 246 g/mol. The summed E-state index contributed by atoms with van der Waals surface area (Å²) in [5, 5.41) is 11.2. The van der Waals surface area contributed by atoms with Gasteiger partial charge in [0, 0.05) is 12.7 Å². The number of rotatable bonds is 5. The maximum atomic E-state index is 5.57. The highest BCUT2D eigenvalue weighted by atomic mass is 16.4. The van der Waals surface area contributed by atoms with Gasteiger partial charge in [0.2, 0.25) is 5.89 Å². The van der Waals surface area contributed by atoms with Crippen LogP contribution in [0, 0.1) is 6.92 Å². The lowest BCUT2D eigenvalue weighted by Crippen LogP contribution is -2.12. The Hall–Kier alpha value is -1.88. The Balaban J connectivity index is 2.10. The first-order valence-corrected chi connectivity index (χ1v) is 6.04. The quantitative estimate of drug-likeness (QED) is 0.877. The maximum absolute atomic E-state index is 5.57. The Kier molecular flexibility index (Phi) is 3.94. The smallest absolute Gasteiger partial charge is 0.322 e. The van der Waals surface area contributed by atoms with Gasteiger partial charge in [0.05, 0.1) is 6.54 Å². The summed E-state index contributed by atoms with van der Waals surface area (Å²) in [7, 11) is 1.91. The van der Waals surface area contributed by atoms with E-state index in [4.69, 9.17) is 4.42 Å². The third-order valence-electron chi connectivity index (χ3n) is 2.69. The molecule has 0 radical (unpaired) electrons. The van der Waals surface area contributed by atoms with Gasteiger partial charge in [0.1, 0.15) is 0 Å². The number of aryl methyl sites for hydroxylation is 1. The molecule has 0 atom stereocenters. The van der Waals surface area contributed by atoms with Crippen LogP contribution in [-0.4, -0.2) is 23.8 Å². The lowest BCUT2D eigenvalue weighted by Gasteiger charge is -2.13. The van der Waals surface area contributed by atoms with Gasteiger partial charge < -0.3 is 9.73 Å². The molecule has 0 aliphatic rings. The van der Waals surface area contributed by atoms with Gasteiger partial charge in [-0.25, -0.2) is 0 Å². The van der Waals surface area contributed by atoms with Crippen LogP contribution in [0.4, 0.5) is 11.7 Å². The molecule has 5 nitrogen and oxygen atoms in total. The fourth-order valence-corrected chi connectivity index (χ4v) is 1.56. The van der Waals surface area contributed by atoms with Crippen LogP contribution in [0.25, 0.3) is 0 Å². The molecule has 96 valence electrons. The van der Waals surface area contributed by atoms with E-state index in [1.54, 1.807) is 0 Å². The highest BCUT2D eigenvalue weighted by molar-refractivity contribution is 5.55. The third-order valence-corrected chi connectivity index (χ3v) is 2.69. The second kappa shape index (κ2) is 5.64.